The van der Waals surface area contributed by atoms with Crippen LogP contribution in [0.2, 0.25) is 0 Å². The smallest absolute Gasteiger partial charge is 0.178 e. The molecule has 0 unspecified atom stereocenters. The number of anilines is 1. The lowest BCUT2D eigenvalue weighted by molar-refractivity contribution is 0.436. The van der Waals surface area contributed by atoms with Gasteiger partial charge in [0.05, 0.1) is 5.56 Å². The van der Waals surface area contributed by atoms with Crippen LogP contribution in [0, 0.1) is 0 Å². The fourth-order valence-corrected chi connectivity index (χ4v) is 2.76. The molecule has 0 aliphatic rings. The van der Waals surface area contributed by atoms with E-state index in [0.717, 1.165) is 25.6 Å². The number of nitrogen functional groups attached to an aromatic ring is 1. The Labute approximate surface area is 133 Å². The Kier molecular flexibility index (Phi) is 3.63. The molecule has 0 radical (unpaired) electrons. The average molecular weight is 394 g/mol. The number of hydrogen-bond acceptors (Lipinski definition) is 3. The highest BCUT2D eigenvalue weighted by atomic mass is 79.9. The second-order valence-electron chi connectivity index (χ2n) is 4.26. The highest BCUT2D eigenvalue weighted by Crippen LogP contribution is 2.39. The van der Waals surface area contributed by atoms with Gasteiger partial charge in [-0.15, -0.1) is 0 Å². The van der Waals surface area contributed by atoms with Gasteiger partial charge in [0.15, 0.2) is 11.6 Å². The number of nitrogens with zero attached hydrogens (tertiary/aromatic N) is 1. The monoisotopic (exact) mass is 392 g/mol. The maximum absolute atomic E-state index is 5.97. The van der Waals surface area contributed by atoms with Crippen molar-refractivity contribution >= 4 is 37.7 Å². The van der Waals surface area contributed by atoms with Crippen molar-refractivity contribution < 1.29 is 4.52 Å². The molecule has 2 aromatic carbocycles. The molecule has 20 heavy (non-hydrogen) atoms. The summed E-state index contributed by atoms with van der Waals surface area (Å²) >= 11 is 6.95. The molecule has 100 valence electrons. The summed E-state index contributed by atoms with van der Waals surface area (Å²) in [5.74, 6) is 1.05. The second-order valence-corrected chi connectivity index (χ2v) is 6.03. The van der Waals surface area contributed by atoms with E-state index in [1.165, 1.54) is 0 Å². The van der Waals surface area contributed by atoms with Gasteiger partial charge in [0, 0.05) is 14.5 Å². The molecule has 0 spiro atoms. The van der Waals surface area contributed by atoms with Crippen molar-refractivity contribution in [3.8, 4) is 22.5 Å². The lowest BCUT2D eigenvalue weighted by Crippen LogP contribution is -1.89. The maximum Gasteiger partial charge on any atom is 0.178 e. The van der Waals surface area contributed by atoms with E-state index in [-0.39, 0.29) is 0 Å². The molecule has 0 atom stereocenters. The Hall–Kier alpha value is -1.59. The van der Waals surface area contributed by atoms with E-state index < -0.39 is 0 Å². The standard InChI is InChI=1S/C15H10Br2N2O/c16-10-7-5-9(6-8-10)13-14(20-19-15(13)18)11-3-1-2-4-12(11)17/h1-8H,(H2,18,19). The van der Waals surface area contributed by atoms with E-state index in [9.17, 15) is 0 Å². The van der Waals surface area contributed by atoms with Crippen molar-refractivity contribution in [3.05, 3.63) is 57.5 Å². The van der Waals surface area contributed by atoms with Crippen LogP contribution in [0.1, 0.15) is 0 Å². The first kappa shape index (κ1) is 13.4. The first-order valence-corrected chi connectivity index (χ1v) is 7.51. The number of aromatic nitrogens is 1. The van der Waals surface area contributed by atoms with E-state index in [1.807, 2.05) is 48.5 Å². The molecule has 0 saturated heterocycles. The van der Waals surface area contributed by atoms with Crippen LogP contribution in [-0.2, 0) is 0 Å². The van der Waals surface area contributed by atoms with Crippen molar-refractivity contribution in [1.29, 1.82) is 0 Å². The third-order valence-corrected chi connectivity index (χ3v) is 4.19. The lowest BCUT2D eigenvalue weighted by Gasteiger charge is -2.04. The molecule has 0 amide bonds. The Balaban J connectivity index is 2.20. The number of rotatable bonds is 2. The summed E-state index contributed by atoms with van der Waals surface area (Å²) in [6, 6.07) is 15.7. The third kappa shape index (κ3) is 2.39. The van der Waals surface area contributed by atoms with Crippen LogP contribution in [0.15, 0.2) is 62.0 Å². The summed E-state index contributed by atoms with van der Waals surface area (Å²) in [6.07, 6.45) is 0. The SMILES string of the molecule is Nc1noc(-c2ccccc2Br)c1-c1ccc(Br)cc1. The molecule has 3 nitrogen and oxygen atoms in total. The van der Waals surface area contributed by atoms with Crippen LogP contribution in [-0.4, -0.2) is 5.16 Å². The normalized spacial score (nSPS) is 10.7. The van der Waals surface area contributed by atoms with Gasteiger partial charge >= 0.3 is 0 Å². The zero-order valence-electron chi connectivity index (χ0n) is 10.3. The highest BCUT2D eigenvalue weighted by molar-refractivity contribution is 9.10. The molecule has 2 N–H and O–H groups in total. The average Bonchev–Trinajstić information content (AvgIpc) is 2.82. The van der Waals surface area contributed by atoms with Crippen LogP contribution in [0.3, 0.4) is 0 Å². The molecular formula is C15H10Br2N2O. The van der Waals surface area contributed by atoms with Crippen molar-refractivity contribution in [2.45, 2.75) is 0 Å². The minimum Gasteiger partial charge on any atom is -0.380 e. The lowest BCUT2D eigenvalue weighted by atomic mass is 10.0. The first-order chi connectivity index (χ1) is 9.66. The molecule has 3 aromatic rings. The first-order valence-electron chi connectivity index (χ1n) is 5.93. The number of benzene rings is 2. The minimum absolute atomic E-state index is 0.387. The van der Waals surface area contributed by atoms with Gasteiger partial charge in [-0.3, -0.25) is 0 Å². The van der Waals surface area contributed by atoms with E-state index >= 15 is 0 Å². The van der Waals surface area contributed by atoms with Crippen LogP contribution in [0.4, 0.5) is 5.82 Å². The minimum atomic E-state index is 0.387. The van der Waals surface area contributed by atoms with Crippen molar-refractivity contribution in [3.63, 3.8) is 0 Å². The molecule has 0 aliphatic heterocycles. The predicted octanol–water partition coefficient (Wildman–Crippen LogP) is 5.12. The summed E-state index contributed by atoms with van der Waals surface area (Å²) in [4.78, 5) is 0. The largest absolute Gasteiger partial charge is 0.380 e. The molecule has 5 heteroatoms. The zero-order valence-corrected chi connectivity index (χ0v) is 13.5. The van der Waals surface area contributed by atoms with Crippen molar-refractivity contribution in [1.82, 2.24) is 5.16 Å². The highest BCUT2D eigenvalue weighted by Gasteiger charge is 2.19. The summed E-state index contributed by atoms with van der Waals surface area (Å²) in [5, 5.41) is 3.90. The Bertz CT molecular complexity index is 751. The Morgan fingerprint density at radius 1 is 0.950 bits per heavy atom. The topological polar surface area (TPSA) is 52.0 Å². The fraction of sp³-hybridized carbons (Fsp3) is 0. The van der Waals surface area contributed by atoms with Gasteiger partial charge in [0.25, 0.3) is 0 Å². The molecule has 1 heterocycles. The van der Waals surface area contributed by atoms with E-state index in [4.69, 9.17) is 10.3 Å². The summed E-state index contributed by atoms with van der Waals surface area (Å²) in [6.45, 7) is 0. The molecule has 0 aliphatic carbocycles. The van der Waals surface area contributed by atoms with Crippen molar-refractivity contribution in [2.24, 2.45) is 0 Å². The van der Waals surface area contributed by atoms with Crippen LogP contribution in [0.25, 0.3) is 22.5 Å². The molecule has 1 aromatic heterocycles. The Morgan fingerprint density at radius 3 is 2.35 bits per heavy atom. The summed E-state index contributed by atoms with van der Waals surface area (Å²) in [7, 11) is 0. The zero-order chi connectivity index (χ0) is 14.1. The van der Waals surface area contributed by atoms with Crippen molar-refractivity contribution in [2.75, 3.05) is 5.73 Å². The van der Waals surface area contributed by atoms with Crippen LogP contribution >= 0.6 is 31.9 Å². The molecule has 0 saturated carbocycles. The van der Waals surface area contributed by atoms with Gasteiger partial charge in [0.2, 0.25) is 0 Å². The third-order valence-electron chi connectivity index (χ3n) is 2.97. The van der Waals surface area contributed by atoms with Gasteiger partial charge in [-0.2, -0.15) is 0 Å². The quantitative estimate of drug-likeness (QED) is 0.657. The van der Waals surface area contributed by atoms with Gasteiger partial charge < -0.3 is 10.3 Å². The number of halogens is 2. The van der Waals surface area contributed by atoms with Crippen LogP contribution < -0.4 is 5.73 Å². The van der Waals surface area contributed by atoms with Crippen LogP contribution in [0.5, 0.6) is 0 Å². The van der Waals surface area contributed by atoms with E-state index in [1.54, 1.807) is 0 Å². The number of hydrogen-bond donors (Lipinski definition) is 1. The van der Waals surface area contributed by atoms with Gasteiger partial charge in [-0.05, 0) is 29.8 Å². The van der Waals surface area contributed by atoms with E-state index in [2.05, 4.69) is 37.0 Å². The molecule has 0 bridgehead atoms. The van der Waals surface area contributed by atoms with Gasteiger partial charge in [0.1, 0.15) is 0 Å². The summed E-state index contributed by atoms with van der Waals surface area (Å²) in [5.41, 5.74) is 8.67. The molecular weight excluding hydrogens is 384 g/mol. The van der Waals surface area contributed by atoms with E-state index in [0.29, 0.717) is 11.6 Å². The summed E-state index contributed by atoms with van der Waals surface area (Å²) < 4.78 is 7.38. The predicted molar refractivity (Wildman–Crippen MR) is 87.2 cm³/mol. The maximum atomic E-state index is 5.97. The fourth-order valence-electron chi connectivity index (χ4n) is 2.03. The number of nitrogens with two attached hydrogens (primary N) is 1. The molecule has 3 rings (SSSR count). The Morgan fingerprint density at radius 2 is 1.65 bits per heavy atom. The molecule has 0 fully saturated rings. The van der Waals surface area contributed by atoms with Gasteiger partial charge in [-0.25, -0.2) is 0 Å². The second kappa shape index (κ2) is 5.42. The van der Waals surface area contributed by atoms with Gasteiger partial charge in [-0.1, -0.05) is 61.3 Å².